The molecule has 0 aromatic heterocycles. The zero-order valence-electron chi connectivity index (χ0n) is 4.13. The standard InChI is InChI=1S/C3H8N4/c1-3(4)2-6-7-5/h2H,4H2,1H3,(H2,5,6). The molecule has 0 fully saturated rings. The van der Waals surface area contributed by atoms with Crippen LogP contribution in [0.5, 0.6) is 0 Å². The zero-order valence-corrected chi connectivity index (χ0v) is 4.13. The second-order valence-corrected chi connectivity index (χ2v) is 1.10. The molecule has 0 saturated heterocycles. The molecule has 0 aliphatic carbocycles. The molecule has 0 aromatic carbocycles. The minimum atomic E-state index is 0.592. The predicted molar refractivity (Wildman–Crippen MR) is 27.0 cm³/mol. The highest BCUT2D eigenvalue weighted by atomic mass is 15.3. The summed E-state index contributed by atoms with van der Waals surface area (Å²) < 4.78 is 0. The van der Waals surface area contributed by atoms with Crippen LogP contribution in [0.3, 0.4) is 0 Å². The van der Waals surface area contributed by atoms with Crippen molar-refractivity contribution in [2.75, 3.05) is 0 Å². The van der Waals surface area contributed by atoms with Crippen molar-refractivity contribution in [3.05, 3.63) is 11.9 Å². The molecule has 0 aromatic rings. The van der Waals surface area contributed by atoms with Crippen molar-refractivity contribution in [1.82, 2.24) is 0 Å². The number of nitrogens with two attached hydrogens (primary N) is 2. The van der Waals surface area contributed by atoms with Gasteiger partial charge in [-0.2, -0.15) is 0 Å². The maximum absolute atomic E-state index is 5.13. The van der Waals surface area contributed by atoms with Crippen LogP contribution in [-0.4, -0.2) is 0 Å². The highest BCUT2D eigenvalue weighted by Gasteiger charge is 1.67. The maximum Gasteiger partial charge on any atom is 0.0697 e. The first-order valence-corrected chi connectivity index (χ1v) is 1.79. The minimum Gasteiger partial charge on any atom is -0.401 e. The van der Waals surface area contributed by atoms with Gasteiger partial charge in [-0.15, -0.1) is 5.11 Å². The minimum absolute atomic E-state index is 0.592. The van der Waals surface area contributed by atoms with Crippen LogP contribution in [0.25, 0.3) is 0 Å². The lowest BCUT2D eigenvalue weighted by molar-refractivity contribution is 1.04. The van der Waals surface area contributed by atoms with Crippen molar-refractivity contribution < 1.29 is 0 Å². The van der Waals surface area contributed by atoms with E-state index in [1.165, 1.54) is 6.20 Å². The molecule has 0 aliphatic rings. The van der Waals surface area contributed by atoms with Gasteiger partial charge in [0, 0.05) is 5.70 Å². The smallest absolute Gasteiger partial charge is 0.0697 e. The number of hydrogen-bond donors (Lipinski definition) is 2. The Morgan fingerprint density at radius 2 is 2.29 bits per heavy atom. The zero-order chi connectivity index (χ0) is 5.70. The van der Waals surface area contributed by atoms with Gasteiger partial charge in [-0.25, -0.2) is 0 Å². The molecule has 0 rings (SSSR count). The van der Waals surface area contributed by atoms with Crippen LogP contribution < -0.4 is 11.6 Å². The Hall–Kier alpha value is -1.06. The molecule has 0 atom stereocenters. The fourth-order valence-electron chi connectivity index (χ4n) is 0.124. The van der Waals surface area contributed by atoms with Crippen LogP contribution in [0.2, 0.25) is 0 Å². The molecule has 0 saturated carbocycles. The summed E-state index contributed by atoms with van der Waals surface area (Å²) in [6.45, 7) is 1.70. The Morgan fingerprint density at radius 3 is 2.43 bits per heavy atom. The largest absolute Gasteiger partial charge is 0.401 e. The van der Waals surface area contributed by atoms with Gasteiger partial charge in [0.1, 0.15) is 0 Å². The van der Waals surface area contributed by atoms with Gasteiger partial charge in [-0.3, -0.25) is 0 Å². The number of allylic oxidation sites excluding steroid dienone is 1. The molecule has 40 valence electrons. The molecule has 0 heterocycles. The van der Waals surface area contributed by atoms with Crippen LogP contribution in [0.15, 0.2) is 22.2 Å². The predicted octanol–water partition coefficient (Wildman–Crippen LogP) is 0.132. The third-order valence-corrected chi connectivity index (χ3v) is 0.328. The Bertz CT molecular complexity index is 89.1. The second-order valence-electron chi connectivity index (χ2n) is 1.10. The molecule has 4 nitrogen and oxygen atoms in total. The van der Waals surface area contributed by atoms with Gasteiger partial charge >= 0.3 is 0 Å². The van der Waals surface area contributed by atoms with Crippen LogP contribution in [0, 0.1) is 0 Å². The lowest BCUT2D eigenvalue weighted by Gasteiger charge is -1.78. The van der Waals surface area contributed by atoms with Crippen molar-refractivity contribution in [1.29, 1.82) is 0 Å². The Morgan fingerprint density at radius 1 is 1.71 bits per heavy atom. The van der Waals surface area contributed by atoms with Gasteiger partial charge in [-0.05, 0) is 6.92 Å². The van der Waals surface area contributed by atoms with E-state index in [4.69, 9.17) is 5.73 Å². The number of nitrogens with zero attached hydrogens (tertiary/aromatic N) is 2. The van der Waals surface area contributed by atoms with E-state index in [1.807, 2.05) is 0 Å². The lowest BCUT2D eigenvalue weighted by Crippen LogP contribution is -1.87. The first-order chi connectivity index (χ1) is 3.27. The van der Waals surface area contributed by atoms with Crippen LogP contribution >= 0.6 is 0 Å². The number of rotatable bonds is 1. The van der Waals surface area contributed by atoms with Gasteiger partial charge in [0.05, 0.1) is 6.20 Å². The van der Waals surface area contributed by atoms with Crippen molar-refractivity contribution in [3.8, 4) is 0 Å². The van der Waals surface area contributed by atoms with E-state index in [0.29, 0.717) is 5.70 Å². The lowest BCUT2D eigenvalue weighted by atomic mass is 10.6. The SMILES string of the molecule is CC(N)=CN=NN. The molecular weight excluding hydrogens is 92.1 g/mol. The fraction of sp³-hybridized carbons (Fsp3) is 0.333. The van der Waals surface area contributed by atoms with Gasteiger partial charge in [0.25, 0.3) is 0 Å². The van der Waals surface area contributed by atoms with Crippen molar-refractivity contribution >= 4 is 0 Å². The molecule has 0 amide bonds. The summed E-state index contributed by atoms with van der Waals surface area (Å²) in [4.78, 5) is 0. The third-order valence-electron chi connectivity index (χ3n) is 0.328. The van der Waals surface area contributed by atoms with Gasteiger partial charge < -0.3 is 11.6 Å². The third kappa shape index (κ3) is 4.94. The first kappa shape index (κ1) is 5.94. The second kappa shape index (κ2) is 3.14. The Balaban J connectivity index is 3.46. The summed E-state index contributed by atoms with van der Waals surface area (Å²) in [6, 6.07) is 0. The normalized spacial score (nSPS) is 13.0. The van der Waals surface area contributed by atoms with E-state index in [2.05, 4.69) is 16.2 Å². The first-order valence-electron chi connectivity index (χ1n) is 1.79. The average Bonchev–Trinajstić information content (AvgIpc) is 1.61. The van der Waals surface area contributed by atoms with Crippen molar-refractivity contribution in [2.24, 2.45) is 21.9 Å². The van der Waals surface area contributed by atoms with E-state index < -0.39 is 0 Å². The highest BCUT2D eigenvalue weighted by molar-refractivity contribution is 4.87. The molecule has 4 heteroatoms. The van der Waals surface area contributed by atoms with E-state index in [0.717, 1.165) is 0 Å². The van der Waals surface area contributed by atoms with Crippen LogP contribution in [-0.2, 0) is 0 Å². The summed E-state index contributed by atoms with van der Waals surface area (Å²) in [6.07, 6.45) is 1.38. The van der Waals surface area contributed by atoms with E-state index >= 15 is 0 Å². The summed E-state index contributed by atoms with van der Waals surface area (Å²) in [5.74, 6) is 4.64. The van der Waals surface area contributed by atoms with Gasteiger partial charge in [0.15, 0.2) is 0 Å². The molecule has 0 bridgehead atoms. The monoisotopic (exact) mass is 100 g/mol. The van der Waals surface area contributed by atoms with Gasteiger partial charge in [-0.1, -0.05) is 5.22 Å². The Kier molecular flexibility index (Phi) is 2.67. The topological polar surface area (TPSA) is 76.8 Å². The summed E-state index contributed by atoms with van der Waals surface area (Å²) in [5.41, 5.74) is 5.72. The maximum atomic E-state index is 5.13. The molecule has 4 N–H and O–H groups in total. The highest BCUT2D eigenvalue weighted by Crippen LogP contribution is 1.78. The molecule has 0 radical (unpaired) electrons. The van der Waals surface area contributed by atoms with Gasteiger partial charge in [0.2, 0.25) is 0 Å². The van der Waals surface area contributed by atoms with E-state index in [1.54, 1.807) is 6.92 Å². The molecule has 7 heavy (non-hydrogen) atoms. The van der Waals surface area contributed by atoms with E-state index in [9.17, 15) is 0 Å². The summed E-state index contributed by atoms with van der Waals surface area (Å²) in [5, 5.41) is 6.23. The quantitative estimate of drug-likeness (QED) is 0.279. The van der Waals surface area contributed by atoms with E-state index in [-0.39, 0.29) is 0 Å². The van der Waals surface area contributed by atoms with Crippen molar-refractivity contribution in [3.63, 3.8) is 0 Å². The number of hydrogen-bond acceptors (Lipinski definition) is 3. The Labute approximate surface area is 41.9 Å². The van der Waals surface area contributed by atoms with Crippen LogP contribution in [0.1, 0.15) is 6.92 Å². The molecule has 0 unspecified atom stereocenters. The van der Waals surface area contributed by atoms with Crippen molar-refractivity contribution in [2.45, 2.75) is 6.92 Å². The fourth-order valence-corrected chi connectivity index (χ4v) is 0.124. The summed E-state index contributed by atoms with van der Waals surface area (Å²) >= 11 is 0. The molecule has 0 aliphatic heterocycles. The van der Waals surface area contributed by atoms with Crippen LogP contribution in [0.4, 0.5) is 0 Å². The molecule has 0 spiro atoms. The average molecular weight is 100 g/mol. The summed E-state index contributed by atoms with van der Waals surface area (Å²) in [7, 11) is 0. The molecular formula is C3H8N4.